The van der Waals surface area contributed by atoms with E-state index in [4.69, 9.17) is 9.47 Å². The first kappa shape index (κ1) is 19.9. The lowest BCUT2D eigenvalue weighted by Crippen LogP contribution is -2.68. The first-order valence-corrected chi connectivity index (χ1v) is 10.5. The highest BCUT2D eigenvalue weighted by molar-refractivity contribution is 5.75. The first-order chi connectivity index (χ1) is 13.5. The summed E-state index contributed by atoms with van der Waals surface area (Å²) in [5, 5.41) is 17.1. The molecule has 0 aromatic rings. The number of carbonyl (C=O) groups is 2. The van der Waals surface area contributed by atoms with Crippen molar-refractivity contribution >= 4 is 11.9 Å². The molecule has 4 fully saturated rings. The Morgan fingerprint density at radius 2 is 1.75 bits per heavy atom. The molecule has 4 aliphatic rings. The summed E-state index contributed by atoms with van der Waals surface area (Å²) in [6.07, 6.45) is 3.92. The van der Waals surface area contributed by atoms with Crippen LogP contribution in [0.4, 0.5) is 4.79 Å². The Morgan fingerprint density at radius 3 is 2.43 bits per heavy atom. The standard InChI is InChI=1S/C19H32N4O5/c1-12(24)22-7-9-23(10-8-22)16-17(25)15(14-11-27-18(16)28-14)21-19(26)20-13-5-3-2-4-6-13/h13-18,25H,2-11H2,1H3,(H2,20,21,26). The molecule has 4 rings (SSSR count). The zero-order valence-electron chi connectivity index (χ0n) is 16.5. The molecule has 9 heteroatoms. The highest BCUT2D eigenvalue weighted by atomic mass is 16.7. The maximum Gasteiger partial charge on any atom is 0.315 e. The molecule has 3 heterocycles. The van der Waals surface area contributed by atoms with E-state index in [2.05, 4.69) is 15.5 Å². The number of carbonyl (C=O) groups excluding carboxylic acids is 2. The van der Waals surface area contributed by atoms with Crippen LogP contribution in [0.3, 0.4) is 0 Å². The Labute approximate surface area is 165 Å². The molecular formula is C19H32N4O5. The van der Waals surface area contributed by atoms with E-state index in [-0.39, 0.29) is 30.1 Å². The molecule has 0 aromatic heterocycles. The summed E-state index contributed by atoms with van der Waals surface area (Å²) >= 11 is 0. The van der Waals surface area contributed by atoms with Gasteiger partial charge in [-0.3, -0.25) is 9.69 Å². The molecule has 9 nitrogen and oxygen atoms in total. The second kappa shape index (κ2) is 8.52. The van der Waals surface area contributed by atoms with Crippen molar-refractivity contribution in [2.75, 3.05) is 32.8 Å². The van der Waals surface area contributed by atoms with Crippen LogP contribution in [0, 0.1) is 0 Å². The van der Waals surface area contributed by atoms with Gasteiger partial charge >= 0.3 is 6.03 Å². The van der Waals surface area contributed by atoms with Crippen molar-refractivity contribution < 1.29 is 24.2 Å². The van der Waals surface area contributed by atoms with Crippen LogP contribution >= 0.6 is 0 Å². The summed E-state index contributed by atoms with van der Waals surface area (Å²) in [4.78, 5) is 28.0. The molecule has 1 aliphatic carbocycles. The number of fused-ring (bicyclic) bond motifs is 2. The van der Waals surface area contributed by atoms with Crippen molar-refractivity contribution in [2.24, 2.45) is 0 Å². The molecule has 1 saturated carbocycles. The predicted molar refractivity (Wildman–Crippen MR) is 101 cm³/mol. The van der Waals surface area contributed by atoms with Crippen LogP contribution in [0.15, 0.2) is 0 Å². The summed E-state index contributed by atoms with van der Waals surface area (Å²) in [5.41, 5.74) is 0. The number of hydrogen-bond acceptors (Lipinski definition) is 6. The topological polar surface area (TPSA) is 103 Å². The molecule has 3 saturated heterocycles. The van der Waals surface area contributed by atoms with Gasteiger partial charge in [-0.2, -0.15) is 0 Å². The lowest BCUT2D eigenvalue weighted by Gasteiger charge is -2.46. The van der Waals surface area contributed by atoms with Crippen LogP contribution in [-0.2, 0) is 14.3 Å². The van der Waals surface area contributed by atoms with Gasteiger partial charge in [-0.25, -0.2) is 4.79 Å². The molecule has 3 aliphatic heterocycles. The zero-order valence-corrected chi connectivity index (χ0v) is 16.5. The van der Waals surface area contributed by atoms with E-state index < -0.39 is 18.4 Å². The Morgan fingerprint density at radius 1 is 1.04 bits per heavy atom. The van der Waals surface area contributed by atoms with Gasteiger partial charge in [-0.15, -0.1) is 0 Å². The van der Waals surface area contributed by atoms with Gasteiger partial charge in [0.1, 0.15) is 6.10 Å². The minimum absolute atomic E-state index is 0.0659. The van der Waals surface area contributed by atoms with Crippen LogP contribution in [0.2, 0.25) is 0 Å². The van der Waals surface area contributed by atoms with Crippen molar-refractivity contribution in [3.8, 4) is 0 Å². The Hall–Kier alpha value is -1.42. The van der Waals surface area contributed by atoms with Crippen molar-refractivity contribution in [1.82, 2.24) is 20.4 Å². The molecule has 0 radical (unpaired) electrons. The molecule has 3 amide bonds. The fourth-order valence-electron chi connectivity index (χ4n) is 4.93. The predicted octanol–water partition coefficient (Wildman–Crippen LogP) is -0.364. The van der Waals surface area contributed by atoms with Crippen molar-refractivity contribution in [2.45, 2.75) is 75.7 Å². The lowest BCUT2D eigenvalue weighted by atomic mass is 9.94. The number of nitrogens with zero attached hydrogens (tertiary/aromatic N) is 2. The highest BCUT2D eigenvalue weighted by Crippen LogP contribution is 2.32. The monoisotopic (exact) mass is 396 g/mol. The molecular weight excluding hydrogens is 364 g/mol. The third kappa shape index (κ3) is 4.12. The number of aliphatic hydroxyl groups excluding tert-OH is 1. The molecule has 28 heavy (non-hydrogen) atoms. The maximum atomic E-state index is 12.5. The summed E-state index contributed by atoms with van der Waals surface area (Å²) in [5.74, 6) is 0.0659. The molecule has 5 atom stereocenters. The van der Waals surface area contributed by atoms with E-state index in [9.17, 15) is 14.7 Å². The number of hydrogen-bond donors (Lipinski definition) is 3. The second-order valence-corrected chi connectivity index (χ2v) is 8.38. The maximum absolute atomic E-state index is 12.5. The smallest absolute Gasteiger partial charge is 0.315 e. The average Bonchev–Trinajstić information content (AvgIpc) is 3.12. The Kier molecular flexibility index (Phi) is 6.05. The van der Waals surface area contributed by atoms with Gasteiger partial charge in [0, 0.05) is 39.1 Å². The highest BCUT2D eigenvalue weighted by Gasteiger charge is 2.53. The van der Waals surface area contributed by atoms with Crippen LogP contribution in [0.5, 0.6) is 0 Å². The van der Waals surface area contributed by atoms with Crippen LogP contribution in [-0.4, -0.2) is 96.3 Å². The molecule has 158 valence electrons. The summed E-state index contributed by atoms with van der Waals surface area (Å²) in [6, 6.07) is -0.908. The summed E-state index contributed by atoms with van der Waals surface area (Å²) < 4.78 is 11.7. The van der Waals surface area contributed by atoms with Crippen LogP contribution < -0.4 is 10.6 Å². The van der Waals surface area contributed by atoms with Crippen LogP contribution in [0.25, 0.3) is 0 Å². The minimum Gasteiger partial charge on any atom is -0.389 e. The molecule has 5 unspecified atom stereocenters. The minimum atomic E-state index is -0.785. The van der Waals surface area contributed by atoms with Crippen LogP contribution in [0.1, 0.15) is 39.0 Å². The van der Waals surface area contributed by atoms with Gasteiger partial charge in [0.2, 0.25) is 5.91 Å². The van der Waals surface area contributed by atoms with Gasteiger partial charge in [0.25, 0.3) is 0 Å². The van der Waals surface area contributed by atoms with Gasteiger partial charge in [-0.1, -0.05) is 19.3 Å². The summed E-state index contributed by atoms with van der Waals surface area (Å²) in [7, 11) is 0. The van der Waals surface area contributed by atoms with Gasteiger partial charge in [0.15, 0.2) is 6.29 Å². The number of amides is 3. The fraction of sp³-hybridized carbons (Fsp3) is 0.895. The van der Waals surface area contributed by atoms with E-state index in [0.717, 1.165) is 25.7 Å². The van der Waals surface area contributed by atoms with Crippen molar-refractivity contribution in [1.29, 1.82) is 0 Å². The van der Waals surface area contributed by atoms with Gasteiger partial charge in [-0.05, 0) is 12.8 Å². The zero-order chi connectivity index (χ0) is 19.7. The number of rotatable bonds is 3. The quantitative estimate of drug-likeness (QED) is 0.602. The first-order valence-electron chi connectivity index (χ1n) is 10.5. The number of urea groups is 1. The van der Waals surface area contributed by atoms with E-state index in [1.54, 1.807) is 11.8 Å². The Bertz CT molecular complexity index is 577. The van der Waals surface area contributed by atoms with E-state index in [1.165, 1.54) is 6.42 Å². The lowest BCUT2D eigenvalue weighted by molar-refractivity contribution is -0.185. The number of aliphatic hydroxyl groups is 1. The number of ether oxygens (including phenoxy) is 2. The molecule has 0 aromatic carbocycles. The summed E-state index contributed by atoms with van der Waals surface area (Å²) in [6.45, 7) is 4.47. The second-order valence-electron chi connectivity index (χ2n) is 8.38. The van der Waals surface area contributed by atoms with Crippen molar-refractivity contribution in [3.05, 3.63) is 0 Å². The van der Waals surface area contributed by atoms with Gasteiger partial charge < -0.3 is 30.1 Å². The van der Waals surface area contributed by atoms with Crippen molar-refractivity contribution in [3.63, 3.8) is 0 Å². The SMILES string of the molecule is CC(=O)N1CCN(C2C3OCC(O3)C(NC(=O)NC3CCCCC3)C2O)CC1. The van der Waals surface area contributed by atoms with Gasteiger partial charge in [0.05, 0.1) is 24.8 Å². The third-order valence-corrected chi connectivity index (χ3v) is 6.55. The molecule has 2 bridgehead atoms. The molecule has 0 spiro atoms. The third-order valence-electron chi connectivity index (χ3n) is 6.55. The number of nitrogens with one attached hydrogen (secondary N) is 2. The molecule has 3 N–H and O–H groups in total. The average molecular weight is 396 g/mol. The van der Waals surface area contributed by atoms with E-state index in [0.29, 0.717) is 32.8 Å². The largest absolute Gasteiger partial charge is 0.389 e. The normalized spacial score (nSPS) is 36.9. The Balaban J connectivity index is 1.37. The number of piperazine rings is 1. The van der Waals surface area contributed by atoms with E-state index >= 15 is 0 Å². The fourth-order valence-corrected chi connectivity index (χ4v) is 4.93. The van der Waals surface area contributed by atoms with E-state index in [1.807, 2.05) is 0 Å².